The molecule has 3 atom stereocenters. The second kappa shape index (κ2) is 7.55. The molecule has 0 spiro atoms. The Morgan fingerprint density at radius 2 is 2.21 bits per heavy atom. The van der Waals surface area contributed by atoms with Gasteiger partial charge in [0.05, 0.1) is 6.04 Å². The van der Waals surface area contributed by atoms with Gasteiger partial charge in [-0.3, -0.25) is 0 Å². The van der Waals surface area contributed by atoms with Crippen molar-refractivity contribution >= 4 is 10.9 Å². The minimum absolute atomic E-state index is 0.191. The SMILES string of the molecule is C=C1CC(C)CC(CC)(Cc2noc(C(N)Cc3c[nH]c4ccccc34)n2)C1. The van der Waals surface area contributed by atoms with E-state index in [0.29, 0.717) is 18.2 Å². The molecule has 2 heterocycles. The van der Waals surface area contributed by atoms with Gasteiger partial charge in [-0.1, -0.05) is 49.4 Å². The van der Waals surface area contributed by atoms with E-state index in [9.17, 15) is 0 Å². The lowest BCUT2D eigenvalue weighted by Crippen LogP contribution is -2.31. The lowest BCUT2D eigenvalue weighted by atomic mass is 9.65. The van der Waals surface area contributed by atoms with Gasteiger partial charge in [0.15, 0.2) is 5.82 Å². The van der Waals surface area contributed by atoms with Crippen molar-refractivity contribution in [2.75, 3.05) is 0 Å². The number of rotatable bonds is 6. The first-order chi connectivity index (χ1) is 13.5. The van der Waals surface area contributed by atoms with Gasteiger partial charge in [0, 0.05) is 23.5 Å². The lowest BCUT2D eigenvalue weighted by molar-refractivity contribution is 0.169. The van der Waals surface area contributed by atoms with Crippen LogP contribution in [0.2, 0.25) is 0 Å². The number of fused-ring (bicyclic) bond motifs is 1. The zero-order valence-electron chi connectivity index (χ0n) is 16.9. The van der Waals surface area contributed by atoms with E-state index in [1.807, 2.05) is 18.3 Å². The number of hydrogen-bond acceptors (Lipinski definition) is 4. The number of aromatic nitrogens is 3. The van der Waals surface area contributed by atoms with Crippen molar-refractivity contribution in [3.63, 3.8) is 0 Å². The van der Waals surface area contributed by atoms with Crippen molar-refractivity contribution < 1.29 is 4.52 Å². The number of benzene rings is 1. The first-order valence-electron chi connectivity index (χ1n) is 10.3. The zero-order chi connectivity index (χ0) is 19.7. The molecular formula is C23H30N4O. The van der Waals surface area contributed by atoms with E-state index < -0.39 is 0 Å². The average molecular weight is 379 g/mol. The third-order valence-electron chi connectivity index (χ3n) is 6.24. The Balaban J connectivity index is 1.48. The molecule has 1 aromatic carbocycles. The van der Waals surface area contributed by atoms with E-state index in [2.05, 4.69) is 47.7 Å². The van der Waals surface area contributed by atoms with Gasteiger partial charge in [0.25, 0.3) is 0 Å². The van der Waals surface area contributed by atoms with Gasteiger partial charge in [0.2, 0.25) is 5.89 Å². The number of hydrogen-bond donors (Lipinski definition) is 2. The minimum Gasteiger partial charge on any atom is -0.361 e. The van der Waals surface area contributed by atoms with Crippen LogP contribution in [0.15, 0.2) is 47.1 Å². The summed E-state index contributed by atoms with van der Waals surface area (Å²) in [5.41, 5.74) is 10.2. The molecule has 0 aliphatic heterocycles. The number of H-pyrrole nitrogens is 1. The summed E-state index contributed by atoms with van der Waals surface area (Å²) < 4.78 is 5.55. The van der Waals surface area contributed by atoms with Crippen LogP contribution >= 0.6 is 0 Å². The maximum absolute atomic E-state index is 6.41. The topological polar surface area (TPSA) is 80.7 Å². The molecular weight excluding hydrogens is 348 g/mol. The molecule has 1 fully saturated rings. The number of nitrogens with two attached hydrogens (primary N) is 1. The largest absolute Gasteiger partial charge is 0.361 e. The first-order valence-corrected chi connectivity index (χ1v) is 10.3. The van der Waals surface area contributed by atoms with Crippen LogP contribution in [0, 0.1) is 11.3 Å². The molecule has 1 saturated carbocycles. The highest BCUT2D eigenvalue weighted by Crippen LogP contribution is 2.45. The number of allylic oxidation sites excluding steroid dienone is 1. The van der Waals surface area contributed by atoms with Gasteiger partial charge in [-0.25, -0.2) is 0 Å². The van der Waals surface area contributed by atoms with Crippen molar-refractivity contribution in [2.24, 2.45) is 17.1 Å². The van der Waals surface area contributed by atoms with Gasteiger partial charge >= 0.3 is 0 Å². The fraction of sp³-hybridized carbons (Fsp3) is 0.478. The van der Waals surface area contributed by atoms with Crippen LogP contribution in [-0.2, 0) is 12.8 Å². The number of para-hydroxylation sites is 1. The van der Waals surface area contributed by atoms with Gasteiger partial charge in [0.1, 0.15) is 0 Å². The summed E-state index contributed by atoms with van der Waals surface area (Å²) in [7, 11) is 0. The van der Waals surface area contributed by atoms with Crippen molar-refractivity contribution in [1.82, 2.24) is 15.1 Å². The number of nitrogens with zero attached hydrogens (tertiary/aromatic N) is 2. The number of aromatic amines is 1. The highest BCUT2D eigenvalue weighted by atomic mass is 16.5. The molecule has 3 aromatic rings. The molecule has 3 N–H and O–H groups in total. The van der Waals surface area contributed by atoms with Crippen LogP contribution in [0.5, 0.6) is 0 Å². The average Bonchev–Trinajstić information content (AvgIpc) is 3.28. The Bertz CT molecular complexity index is 972. The molecule has 2 aromatic heterocycles. The molecule has 0 saturated heterocycles. The normalized spacial score (nSPS) is 24.0. The molecule has 4 rings (SSSR count). The van der Waals surface area contributed by atoms with E-state index in [1.165, 1.54) is 22.9 Å². The minimum atomic E-state index is -0.307. The summed E-state index contributed by atoms with van der Waals surface area (Å²) in [6, 6.07) is 7.93. The van der Waals surface area contributed by atoms with Crippen LogP contribution in [-0.4, -0.2) is 15.1 Å². The Morgan fingerprint density at radius 1 is 1.39 bits per heavy atom. The summed E-state index contributed by atoms with van der Waals surface area (Å²) in [6.45, 7) is 8.83. The van der Waals surface area contributed by atoms with Crippen LogP contribution in [0.1, 0.15) is 62.9 Å². The lowest BCUT2D eigenvalue weighted by Gasteiger charge is -2.40. The predicted octanol–water partition coefficient (Wildman–Crippen LogP) is 5.11. The van der Waals surface area contributed by atoms with E-state index >= 15 is 0 Å². The molecule has 5 nitrogen and oxygen atoms in total. The van der Waals surface area contributed by atoms with Crippen molar-refractivity contribution in [3.05, 3.63) is 59.9 Å². The summed E-state index contributed by atoms with van der Waals surface area (Å²) in [5.74, 6) is 1.96. The molecule has 1 aliphatic carbocycles. The maximum atomic E-state index is 6.41. The molecule has 148 valence electrons. The second-order valence-corrected chi connectivity index (χ2v) is 8.69. The van der Waals surface area contributed by atoms with E-state index in [4.69, 9.17) is 10.3 Å². The van der Waals surface area contributed by atoms with Crippen LogP contribution in [0.3, 0.4) is 0 Å². The Morgan fingerprint density at radius 3 is 3.00 bits per heavy atom. The number of nitrogens with one attached hydrogen (secondary N) is 1. The predicted molar refractivity (Wildman–Crippen MR) is 112 cm³/mol. The standard InChI is InChI=1S/C23H30N4O/c1-4-23(11-15(2)9-16(3)12-23)13-21-26-22(28-27-21)19(24)10-17-14-25-20-8-6-5-7-18(17)20/h5-8,14,16,19,25H,2,4,9-13,24H2,1,3H3. The Labute approximate surface area is 166 Å². The Hall–Kier alpha value is -2.40. The molecule has 3 unspecified atom stereocenters. The third-order valence-corrected chi connectivity index (χ3v) is 6.24. The molecule has 0 amide bonds. The molecule has 28 heavy (non-hydrogen) atoms. The summed E-state index contributed by atoms with van der Waals surface area (Å²) in [5, 5.41) is 5.45. The fourth-order valence-corrected chi connectivity index (χ4v) is 4.96. The molecule has 1 aliphatic rings. The van der Waals surface area contributed by atoms with E-state index in [-0.39, 0.29) is 11.5 Å². The van der Waals surface area contributed by atoms with Crippen molar-refractivity contribution in [2.45, 2.75) is 58.4 Å². The first kappa shape index (κ1) is 18.9. The summed E-state index contributed by atoms with van der Waals surface area (Å²) >= 11 is 0. The van der Waals surface area contributed by atoms with E-state index in [0.717, 1.165) is 37.0 Å². The smallest absolute Gasteiger partial charge is 0.243 e. The van der Waals surface area contributed by atoms with Crippen molar-refractivity contribution in [3.8, 4) is 0 Å². The van der Waals surface area contributed by atoms with Gasteiger partial charge in [-0.2, -0.15) is 4.98 Å². The quantitative estimate of drug-likeness (QED) is 0.584. The van der Waals surface area contributed by atoms with Crippen LogP contribution in [0.25, 0.3) is 10.9 Å². The fourth-order valence-electron chi connectivity index (χ4n) is 4.96. The van der Waals surface area contributed by atoms with Crippen molar-refractivity contribution in [1.29, 1.82) is 0 Å². The third kappa shape index (κ3) is 3.76. The second-order valence-electron chi connectivity index (χ2n) is 8.69. The van der Waals surface area contributed by atoms with Crippen LogP contribution in [0.4, 0.5) is 0 Å². The van der Waals surface area contributed by atoms with E-state index in [1.54, 1.807) is 0 Å². The summed E-state index contributed by atoms with van der Waals surface area (Å²) in [6.07, 6.45) is 7.99. The molecule has 0 radical (unpaired) electrons. The molecule has 5 heteroatoms. The monoisotopic (exact) mass is 378 g/mol. The van der Waals surface area contributed by atoms with Gasteiger partial charge < -0.3 is 15.2 Å². The Kier molecular flexibility index (Phi) is 5.11. The van der Waals surface area contributed by atoms with Gasteiger partial charge in [-0.05, 0) is 55.1 Å². The van der Waals surface area contributed by atoms with Crippen LogP contribution < -0.4 is 5.73 Å². The highest BCUT2D eigenvalue weighted by molar-refractivity contribution is 5.83. The maximum Gasteiger partial charge on any atom is 0.243 e. The molecule has 0 bridgehead atoms. The summed E-state index contributed by atoms with van der Waals surface area (Å²) in [4.78, 5) is 7.96. The highest BCUT2D eigenvalue weighted by Gasteiger charge is 2.36. The zero-order valence-corrected chi connectivity index (χ0v) is 16.9. The van der Waals surface area contributed by atoms with Gasteiger partial charge in [-0.15, -0.1) is 0 Å².